The predicted molar refractivity (Wildman–Crippen MR) is 107 cm³/mol. The number of carbonyl (C=O) groups excluding carboxylic acids is 1. The molecule has 0 aliphatic rings. The zero-order chi connectivity index (χ0) is 18.1. The van der Waals surface area contributed by atoms with Crippen LogP contribution in [0.25, 0.3) is 21.3 Å². The van der Waals surface area contributed by atoms with Crippen molar-refractivity contribution in [3.05, 3.63) is 76.3 Å². The normalized spacial score (nSPS) is 10.8. The van der Waals surface area contributed by atoms with E-state index in [2.05, 4.69) is 15.5 Å². The van der Waals surface area contributed by atoms with Crippen molar-refractivity contribution in [3.63, 3.8) is 0 Å². The molecule has 4 aromatic rings. The lowest BCUT2D eigenvalue weighted by molar-refractivity contribution is 0.102. The van der Waals surface area contributed by atoms with Gasteiger partial charge in [0.25, 0.3) is 5.91 Å². The highest BCUT2D eigenvalue weighted by atomic mass is 35.5. The number of aromatic nitrogens is 2. The molecule has 0 radical (unpaired) electrons. The van der Waals surface area contributed by atoms with E-state index in [0.29, 0.717) is 25.7 Å². The molecule has 4 nitrogen and oxygen atoms in total. The largest absolute Gasteiger partial charge is 0.296 e. The first-order chi connectivity index (χ1) is 12.6. The Morgan fingerprint density at radius 2 is 1.73 bits per heavy atom. The summed E-state index contributed by atoms with van der Waals surface area (Å²) < 4.78 is 0. The van der Waals surface area contributed by atoms with Crippen molar-refractivity contribution in [1.82, 2.24) is 10.2 Å². The third-order valence-corrected chi connectivity index (χ3v) is 5.24. The minimum absolute atomic E-state index is 0.236. The van der Waals surface area contributed by atoms with Gasteiger partial charge in [-0.05, 0) is 41.1 Å². The van der Waals surface area contributed by atoms with Crippen molar-refractivity contribution in [2.24, 2.45) is 0 Å². The molecule has 0 unspecified atom stereocenters. The Bertz CT molecular complexity index is 1130. The number of hydrogen-bond acceptors (Lipinski definition) is 4. The minimum Gasteiger partial charge on any atom is -0.296 e. The molecule has 1 heterocycles. The Kier molecular flexibility index (Phi) is 4.59. The standard InChI is InChI=1S/C19H11Cl2N3OS/c20-14-7-8-15(16(21)10-14)18-23-24-19(26-18)22-17(25)13-6-5-11-3-1-2-4-12(11)9-13/h1-10H,(H,22,24,25). The minimum atomic E-state index is -0.236. The number of anilines is 1. The van der Waals surface area contributed by atoms with Crippen molar-refractivity contribution in [2.45, 2.75) is 0 Å². The van der Waals surface area contributed by atoms with Crippen LogP contribution in [0.5, 0.6) is 0 Å². The molecule has 1 amide bonds. The van der Waals surface area contributed by atoms with E-state index in [-0.39, 0.29) is 5.91 Å². The quantitative estimate of drug-likeness (QED) is 0.465. The summed E-state index contributed by atoms with van der Waals surface area (Å²) in [4.78, 5) is 12.5. The second kappa shape index (κ2) is 7.03. The Labute approximate surface area is 163 Å². The van der Waals surface area contributed by atoms with E-state index in [0.717, 1.165) is 16.3 Å². The van der Waals surface area contributed by atoms with E-state index < -0.39 is 0 Å². The number of hydrogen-bond donors (Lipinski definition) is 1. The number of fused-ring (bicyclic) bond motifs is 1. The van der Waals surface area contributed by atoms with Crippen LogP contribution in [0.2, 0.25) is 10.0 Å². The Hall–Kier alpha value is -2.47. The van der Waals surface area contributed by atoms with E-state index in [1.54, 1.807) is 24.3 Å². The highest BCUT2D eigenvalue weighted by molar-refractivity contribution is 7.18. The maximum absolute atomic E-state index is 12.5. The Morgan fingerprint density at radius 1 is 0.923 bits per heavy atom. The fourth-order valence-corrected chi connectivity index (χ4v) is 3.88. The van der Waals surface area contributed by atoms with E-state index in [1.807, 2.05) is 36.4 Å². The van der Waals surface area contributed by atoms with Crippen LogP contribution in [0.4, 0.5) is 5.13 Å². The molecule has 0 saturated heterocycles. The summed E-state index contributed by atoms with van der Waals surface area (Å²) in [5, 5.41) is 15.1. The van der Waals surface area contributed by atoms with Crippen LogP contribution < -0.4 is 5.32 Å². The average Bonchev–Trinajstić information content (AvgIpc) is 3.09. The van der Waals surface area contributed by atoms with Gasteiger partial charge < -0.3 is 0 Å². The SMILES string of the molecule is O=C(Nc1nnc(-c2ccc(Cl)cc2Cl)s1)c1ccc2ccccc2c1. The van der Waals surface area contributed by atoms with Gasteiger partial charge in [0, 0.05) is 16.1 Å². The van der Waals surface area contributed by atoms with E-state index in [9.17, 15) is 4.79 Å². The lowest BCUT2D eigenvalue weighted by Gasteiger charge is -2.03. The predicted octanol–water partition coefficient (Wildman–Crippen LogP) is 5.92. The number of halogens is 2. The second-order valence-electron chi connectivity index (χ2n) is 5.55. The fourth-order valence-electron chi connectivity index (χ4n) is 2.55. The van der Waals surface area contributed by atoms with Gasteiger partial charge in [-0.15, -0.1) is 10.2 Å². The molecule has 0 saturated carbocycles. The van der Waals surface area contributed by atoms with E-state index in [1.165, 1.54) is 11.3 Å². The fraction of sp³-hybridized carbons (Fsp3) is 0. The first-order valence-electron chi connectivity index (χ1n) is 7.69. The highest BCUT2D eigenvalue weighted by Gasteiger charge is 2.13. The maximum atomic E-state index is 12.5. The molecule has 0 atom stereocenters. The van der Waals surface area contributed by atoms with Gasteiger partial charge in [-0.25, -0.2) is 0 Å². The number of rotatable bonds is 3. The Morgan fingerprint density at radius 3 is 2.54 bits per heavy atom. The smallest absolute Gasteiger partial charge is 0.257 e. The van der Waals surface area contributed by atoms with Crippen LogP contribution in [0, 0.1) is 0 Å². The van der Waals surface area contributed by atoms with Crippen LogP contribution in [0.3, 0.4) is 0 Å². The first kappa shape index (κ1) is 17.0. The maximum Gasteiger partial charge on any atom is 0.257 e. The molecule has 0 aliphatic heterocycles. The summed E-state index contributed by atoms with van der Waals surface area (Å²) in [5.74, 6) is -0.236. The van der Waals surface area contributed by atoms with Gasteiger partial charge in [-0.3, -0.25) is 10.1 Å². The van der Waals surface area contributed by atoms with Gasteiger partial charge in [0.2, 0.25) is 5.13 Å². The molecule has 7 heteroatoms. The summed E-state index contributed by atoms with van der Waals surface area (Å²) >= 11 is 13.4. The van der Waals surface area contributed by atoms with Crippen LogP contribution >= 0.6 is 34.5 Å². The molecule has 26 heavy (non-hydrogen) atoms. The van der Waals surface area contributed by atoms with Crippen molar-refractivity contribution < 1.29 is 4.79 Å². The summed E-state index contributed by atoms with van der Waals surface area (Å²) in [6.07, 6.45) is 0. The molecule has 0 spiro atoms. The molecule has 1 N–H and O–H groups in total. The van der Waals surface area contributed by atoms with Crippen LogP contribution in [0.1, 0.15) is 10.4 Å². The monoisotopic (exact) mass is 399 g/mol. The Balaban J connectivity index is 1.57. The molecule has 3 aromatic carbocycles. The zero-order valence-corrected chi connectivity index (χ0v) is 15.6. The number of nitrogens with zero attached hydrogens (tertiary/aromatic N) is 2. The lowest BCUT2D eigenvalue weighted by atomic mass is 10.1. The highest BCUT2D eigenvalue weighted by Crippen LogP contribution is 2.33. The molecule has 128 valence electrons. The number of amides is 1. The van der Waals surface area contributed by atoms with Crippen molar-refractivity contribution in [1.29, 1.82) is 0 Å². The molecule has 1 aromatic heterocycles. The van der Waals surface area contributed by atoms with Gasteiger partial charge in [0.1, 0.15) is 0 Å². The van der Waals surface area contributed by atoms with Gasteiger partial charge in [-0.1, -0.05) is 64.9 Å². The van der Waals surface area contributed by atoms with Crippen LogP contribution in [-0.2, 0) is 0 Å². The van der Waals surface area contributed by atoms with Crippen molar-refractivity contribution >= 4 is 56.3 Å². The van der Waals surface area contributed by atoms with Crippen LogP contribution in [0.15, 0.2) is 60.7 Å². The van der Waals surface area contributed by atoms with E-state index >= 15 is 0 Å². The topological polar surface area (TPSA) is 54.9 Å². The molecular weight excluding hydrogens is 389 g/mol. The summed E-state index contributed by atoms with van der Waals surface area (Å²) in [6, 6.07) is 18.6. The summed E-state index contributed by atoms with van der Waals surface area (Å²) in [7, 11) is 0. The number of benzene rings is 3. The third-order valence-electron chi connectivity index (χ3n) is 3.82. The molecule has 0 aliphatic carbocycles. The molecule has 0 fully saturated rings. The average molecular weight is 400 g/mol. The van der Waals surface area contributed by atoms with Gasteiger partial charge in [-0.2, -0.15) is 0 Å². The summed E-state index contributed by atoms with van der Waals surface area (Å²) in [5.41, 5.74) is 1.28. The third kappa shape index (κ3) is 3.42. The summed E-state index contributed by atoms with van der Waals surface area (Å²) in [6.45, 7) is 0. The second-order valence-corrected chi connectivity index (χ2v) is 7.37. The van der Waals surface area contributed by atoms with Crippen molar-refractivity contribution in [2.75, 3.05) is 5.32 Å². The first-order valence-corrected chi connectivity index (χ1v) is 9.26. The lowest BCUT2D eigenvalue weighted by Crippen LogP contribution is -2.11. The van der Waals surface area contributed by atoms with E-state index in [4.69, 9.17) is 23.2 Å². The van der Waals surface area contributed by atoms with Crippen molar-refractivity contribution in [3.8, 4) is 10.6 Å². The molecular formula is C19H11Cl2N3OS. The van der Waals surface area contributed by atoms with Gasteiger partial charge in [0.05, 0.1) is 5.02 Å². The van der Waals surface area contributed by atoms with Gasteiger partial charge in [0.15, 0.2) is 5.01 Å². The zero-order valence-electron chi connectivity index (χ0n) is 13.2. The van der Waals surface area contributed by atoms with Gasteiger partial charge >= 0.3 is 0 Å². The molecule has 4 rings (SSSR count). The number of nitrogens with one attached hydrogen (secondary N) is 1. The van der Waals surface area contributed by atoms with Crippen LogP contribution in [-0.4, -0.2) is 16.1 Å². The molecule has 0 bridgehead atoms. The number of carbonyl (C=O) groups is 1.